The fourth-order valence-corrected chi connectivity index (χ4v) is 3.94. The van der Waals surface area contributed by atoms with Crippen LogP contribution >= 0.6 is 0 Å². The first-order valence-electron chi connectivity index (χ1n) is 7.44. The number of amides is 1. The van der Waals surface area contributed by atoms with Crippen molar-refractivity contribution in [3.8, 4) is 11.5 Å². The molecule has 2 aromatic heterocycles. The van der Waals surface area contributed by atoms with Gasteiger partial charge >= 0.3 is 0 Å². The van der Waals surface area contributed by atoms with Crippen molar-refractivity contribution in [2.75, 3.05) is 13.1 Å². The zero-order valence-corrected chi connectivity index (χ0v) is 13.7. The molecule has 1 fully saturated rings. The summed E-state index contributed by atoms with van der Waals surface area (Å²) in [7, 11) is -3.72. The molecule has 0 atom stereocenters. The van der Waals surface area contributed by atoms with E-state index >= 15 is 0 Å². The fourth-order valence-electron chi connectivity index (χ4n) is 2.56. The van der Waals surface area contributed by atoms with Crippen molar-refractivity contribution in [3.05, 3.63) is 37.1 Å². The summed E-state index contributed by atoms with van der Waals surface area (Å²) in [6, 6.07) is 4.47. The van der Waals surface area contributed by atoms with Crippen molar-refractivity contribution in [1.29, 1.82) is 0 Å². The Morgan fingerprint density at radius 2 is 2.04 bits per heavy atom. The molecule has 0 bridgehead atoms. The van der Waals surface area contributed by atoms with Gasteiger partial charge in [-0.25, -0.2) is 8.42 Å². The third-order valence-corrected chi connectivity index (χ3v) is 5.61. The second kappa shape index (κ2) is 6.62. The summed E-state index contributed by atoms with van der Waals surface area (Å²) >= 11 is 0. The second-order valence-electron chi connectivity index (χ2n) is 5.39. The van der Waals surface area contributed by atoms with Crippen LogP contribution in [0.3, 0.4) is 0 Å². The van der Waals surface area contributed by atoms with E-state index < -0.39 is 10.0 Å². The molecule has 2 aromatic rings. The Labute approximate surface area is 139 Å². The number of rotatable bonds is 5. The normalized spacial score (nSPS) is 16.8. The van der Waals surface area contributed by atoms with Gasteiger partial charge in [0.2, 0.25) is 16.8 Å². The lowest BCUT2D eigenvalue weighted by Gasteiger charge is -2.30. The van der Waals surface area contributed by atoms with E-state index in [0.717, 1.165) is 0 Å². The van der Waals surface area contributed by atoms with Crippen LogP contribution in [0, 0.1) is 0 Å². The molecular weight excluding hydrogens is 334 g/mol. The number of nitrogens with zero attached hydrogens (tertiary/aromatic N) is 2. The van der Waals surface area contributed by atoms with Gasteiger partial charge in [-0.1, -0.05) is 11.7 Å². The van der Waals surface area contributed by atoms with Crippen LogP contribution in [0.25, 0.3) is 11.5 Å². The SMILES string of the molecule is C=CC(=O)NC1CCN(S(=O)(=O)c2ccc(-c3ccno3)o2)CC1. The Morgan fingerprint density at radius 3 is 2.67 bits per heavy atom. The summed E-state index contributed by atoms with van der Waals surface area (Å²) in [5.74, 6) is 0.417. The maximum absolute atomic E-state index is 12.6. The molecule has 1 saturated heterocycles. The van der Waals surface area contributed by atoms with Crippen LogP contribution in [0.5, 0.6) is 0 Å². The molecule has 1 N–H and O–H groups in total. The molecule has 3 rings (SSSR count). The van der Waals surface area contributed by atoms with Crippen molar-refractivity contribution >= 4 is 15.9 Å². The fraction of sp³-hybridized carbons (Fsp3) is 0.333. The first-order valence-corrected chi connectivity index (χ1v) is 8.88. The first kappa shape index (κ1) is 16.5. The lowest BCUT2D eigenvalue weighted by molar-refractivity contribution is -0.117. The number of carbonyl (C=O) groups excluding carboxylic acids is 1. The third kappa shape index (κ3) is 3.26. The molecule has 128 valence electrons. The highest BCUT2D eigenvalue weighted by atomic mass is 32.2. The summed E-state index contributed by atoms with van der Waals surface area (Å²) in [6.45, 7) is 4.02. The van der Waals surface area contributed by atoms with E-state index in [4.69, 9.17) is 8.94 Å². The lowest BCUT2D eigenvalue weighted by atomic mass is 10.1. The summed E-state index contributed by atoms with van der Waals surface area (Å²) in [4.78, 5) is 11.3. The molecule has 8 nitrogen and oxygen atoms in total. The summed E-state index contributed by atoms with van der Waals surface area (Å²) < 4.78 is 37.0. The molecule has 9 heteroatoms. The lowest BCUT2D eigenvalue weighted by Crippen LogP contribution is -2.46. The summed E-state index contributed by atoms with van der Waals surface area (Å²) in [5.41, 5.74) is 0. The predicted octanol–water partition coefficient (Wildman–Crippen LogP) is 1.39. The van der Waals surface area contributed by atoms with Gasteiger partial charge in [0.1, 0.15) is 0 Å². The molecule has 0 unspecified atom stereocenters. The van der Waals surface area contributed by atoms with Crippen molar-refractivity contribution < 1.29 is 22.2 Å². The number of hydrogen-bond donors (Lipinski definition) is 1. The van der Waals surface area contributed by atoms with Crippen LogP contribution in [-0.4, -0.2) is 42.9 Å². The molecular formula is C15H17N3O5S. The minimum absolute atomic E-state index is 0.0525. The van der Waals surface area contributed by atoms with E-state index in [9.17, 15) is 13.2 Å². The average Bonchev–Trinajstić information content (AvgIpc) is 3.26. The number of carbonyl (C=O) groups is 1. The topological polar surface area (TPSA) is 106 Å². The molecule has 1 aliphatic heterocycles. The Balaban J connectivity index is 1.68. The van der Waals surface area contributed by atoms with Gasteiger partial charge in [0.25, 0.3) is 10.0 Å². The van der Waals surface area contributed by atoms with Gasteiger partial charge in [-0.3, -0.25) is 4.79 Å². The number of piperidine rings is 1. The highest BCUT2D eigenvalue weighted by Gasteiger charge is 2.32. The van der Waals surface area contributed by atoms with Gasteiger partial charge < -0.3 is 14.3 Å². The highest BCUT2D eigenvalue weighted by molar-refractivity contribution is 7.89. The van der Waals surface area contributed by atoms with Crippen LogP contribution in [0.2, 0.25) is 0 Å². The Bertz CT molecular complexity index is 817. The van der Waals surface area contributed by atoms with E-state index in [2.05, 4.69) is 17.1 Å². The van der Waals surface area contributed by atoms with Crippen LogP contribution in [0.15, 0.2) is 51.1 Å². The maximum Gasteiger partial charge on any atom is 0.276 e. The van der Waals surface area contributed by atoms with Gasteiger partial charge in [-0.05, 0) is 31.1 Å². The summed E-state index contributed by atoms with van der Waals surface area (Å²) in [5, 5.41) is 6.21. The zero-order valence-electron chi connectivity index (χ0n) is 12.8. The quantitative estimate of drug-likeness (QED) is 0.816. The molecule has 0 radical (unpaired) electrons. The monoisotopic (exact) mass is 351 g/mol. The largest absolute Gasteiger partial charge is 0.440 e. The van der Waals surface area contributed by atoms with E-state index in [1.54, 1.807) is 6.07 Å². The van der Waals surface area contributed by atoms with Crippen molar-refractivity contribution in [2.24, 2.45) is 0 Å². The maximum atomic E-state index is 12.6. The van der Waals surface area contributed by atoms with E-state index in [1.165, 1.54) is 28.7 Å². The van der Waals surface area contributed by atoms with Crippen molar-refractivity contribution in [1.82, 2.24) is 14.8 Å². The van der Waals surface area contributed by atoms with E-state index in [1.807, 2.05) is 0 Å². The Morgan fingerprint density at radius 1 is 1.29 bits per heavy atom. The third-order valence-electron chi connectivity index (χ3n) is 3.84. The van der Waals surface area contributed by atoms with Gasteiger partial charge in [-0.2, -0.15) is 4.31 Å². The molecule has 3 heterocycles. The molecule has 24 heavy (non-hydrogen) atoms. The number of nitrogens with one attached hydrogen (secondary N) is 1. The summed E-state index contributed by atoms with van der Waals surface area (Å²) in [6.07, 6.45) is 3.73. The number of furan rings is 1. The van der Waals surface area contributed by atoms with Gasteiger partial charge in [0, 0.05) is 25.2 Å². The standard InChI is InChI=1S/C15H17N3O5S/c1-2-14(19)17-11-6-9-18(10-7-11)24(20,21)15-4-3-12(22-15)13-5-8-16-23-13/h2-5,8,11H,1,6-7,9-10H2,(H,17,19). The molecule has 0 saturated carbocycles. The van der Waals surface area contributed by atoms with Crippen LogP contribution in [-0.2, 0) is 14.8 Å². The van der Waals surface area contributed by atoms with Gasteiger partial charge in [0.15, 0.2) is 5.76 Å². The van der Waals surface area contributed by atoms with E-state index in [-0.39, 0.29) is 17.0 Å². The number of aromatic nitrogens is 1. The van der Waals surface area contributed by atoms with Crippen molar-refractivity contribution in [2.45, 2.75) is 24.0 Å². The Kier molecular flexibility index (Phi) is 4.54. The van der Waals surface area contributed by atoms with Crippen LogP contribution in [0.1, 0.15) is 12.8 Å². The molecule has 0 aliphatic carbocycles. The Hall–Kier alpha value is -2.39. The van der Waals surface area contributed by atoms with E-state index in [0.29, 0.717) is 37.5 Å². The highest BCUT2D eigenvalue weighted by Crippen LogP contribution is 2.27. The minimum Gasteiger partial charge on any atom is -0.440 e. The number of hydrogen-bond acceptors (Lipinski definition) is 6. The molecule has 0 spiro atoms. The second-order valence-corrected chi connectivity index (χ2v) is 7.26. The van der Waals surface area contributed by atoms with Crippen LogP contribution < -0.4 is 5.32 Å². The molecule has 1 amide bonds. The average molecular weight is 351 g/mol. The minimum atomic E-state index is -3.72. The zero-order chi connectivity index (χ0) is 17.2. The smallest absolute Gasteiger partial charge is 0.276 e. The van der Waals surface area contributed by atoms with Gasteiger partial charge in [0.05, 0.1) is 6.20 Å². The molecule has 1 aliphatic rings. The number of sulfonamides is 1. The van der Waals surface area contributed by atoms with Crippen LogP contribution in [0.4, 0.5) is 0 Å². The predicted molar refractivity (Wildman–Crippen MR) is 84.3 cm³/mol. The van der Waals surface area contributed by atoms with Gasteiger partial charge in [-0.15, -0.1) is 0 Å². The first-order chi connectivity index (χ1) is 11.5. The van der Waals surface area contributed by atoms with Crippen molar-refractivity contribution in [3.63, 3.8) is 0 Å². The molecule has 0 aromatic carbocycles.